The van der Waals surface area contributed by atoms with E-state index in [0.717, 1.165) is 6.07 Å². The normalized spacial score (nSPS) is 11.9. The fraction of sp³-hybridized carbons (Fsp3) is 0.333. The van der Waals surface area contributed by atoms with Crippen molar-refractivity contribution in [3.63, 3.8) is 0 Å². The van der Waals surface area contributed by atoms with E-state index in [4.69, 9.17) is 5.26 Å². The zero-order chi connectivity index (χ0) is 12.3. The second-order valence-corrected chi connectivity index (χ2v) is 3.51. The molecule has 0 saturated heterocycles. The van der Waals surface area contributed by atoms with E-state index < -0.39 is 28.9 Å². The Hall–Kier alpha value is -1.76. The lowest BCUT2D eigenvalue weighted by atomic mass is 9.94. The van der Waals surface area contributed by atoms with Gasteiger partial charge in [0.15, 0.2) is 5.78 Å². The number of carbonyl (C=O) groups is 1. The molecular weight excluding hydrogens is 212 g/mol. The van der Waals surface area contributed by atoms with Gasteiger partial charge in [-0.25, -0.2) is 8.78 Å². The Morgan fingerprint density at radius 3 is 2.62 bits per heavy atom. The van der Waals surface area contributed by atoms with E-state index in [9.17, 15) is 13.6 Å². The molecule has 0 aliphatic heterocycles. The van der Waals surface area contributed by atoms with Gasteiger partial charge in [-0.05, 0) is 25.0 Å². The number of aryl methyl sites for hydroxylation is 1. The van der Waals surface area contributed by atoms with Crippen LogP contribution in [-0.2, 0) is 0 Å². The zero-order valence-electron chi connectivity index (χ0n) is 9.05. The Morgan fingerprint density at radius 2 is 2.12 bits per heavy atom. The van der Waals surface area contributed by atoms with Crippen molar-refractivity contribution < 1.29 is 13.6 Å². The van der Waals surface area contributed by atoms with Crippen LogP contribution in [0.3, 0.4) is 0 Å². The molecule has 0 heterocycles. The third kappa shape index (κ3) is 2.08. The van der Waals surface area contributed by atoms with Gasteiger partial charge in [0.2, 0.25) is 0 Å². The van der Waals surface area contributed by atoms with Crippen LogP contribution >= 0.6 is 0 Å². The number of benzene rings is 1. The molecule has 0 aliphatic carbocycles. The van der Waals surface area contributed by atoms with Crippen LogP contribution in [0.1, 0.15) is 29.3 Å². The van der Waals surface area contributed by atoms with E-state index >= 15 is 0 Å². The first-order chi connectivity index (χ1) is 7.52. The molecule has 84 valence electrons. The second-order valence-electron chi connectivity index (χ2n) is 3.51. The Bertz CT molecular complexity index is 463. The number of carbonyl (C=O) groups excluding carboxylic acids is 1. The van der Waals surface area contributed by atoms with Gasteiger partial charge in [-0.3, -0.25) is 4.79 Å². The minimum atomic E-state index is -0.995. The van der Waals surface area contributed by atoms with Crippen LogP contribution < -0.4 is 0 Å². The monoisotopic (exact) mass is 223 g/mol. The largest absolute Gasteiger partial charge is 0.292 e. The average Bonchev–Trinajstić information content (AvgIpc) is 2.26. The summed E-state index contributed by atoms with van der Waals surface area (Å²) in [5.74, 6) is -3.57. The molecule has 1 atom stereocenters. The van der Waals surface area contributed by atoms with Gasteiger partial charge in [-0.2, -0.15) is 5.26 Å². The van der Waals surface area contributed by atoms with Crippen molar-refractivity contribution in [2.45, 2.75) is 20.3 Å². The number of Topliss-reactive ketones (excluding diaryl/α,β-unsaturated/α-hetero) is 1. The molecule has 0 aromatic heterocycles. The lowest BCUT2D eigenvalue weighted by Gasteiger charge is -2.08. The Morgan fingerprint density at radius 1 is 1.50 bits per heavy atom. The molecule has 16 heavy (non-hydrogen) atoms. The van der Waals surface area contributed by atoms with Crippen LogP contribution in [0, 0.1) is 35.8 Å². The summed E-state index contributed by atoms with van der Waals surface area (Å²) in [5, 5.41) is 8.69. The molecule has 1 aromatic rings. The highest BCUT2D eigenvalue weighted by atomic mass is 19.1. The van der Waals surface area contributed by atoms with E-state index in [-0.39, 0.29) is 12.0 Å². The predicted molar refractivity (Wildman–Crippen MR) is 54.8 cm³/mol. The van der Waals surface area contributed by atoms with Crippen molar-refractivity contribution in [1.82, 2.24) is 0 Å². The third-order valence-corrected chi connectivity index (χ3v) is 2.41. The summed E-state index contributed by atoms with van der Waals surface area (Å²) in [6, 6.07) is 4.04. The topological polar surface area (TPSA) is 40.9 Å². The number of ketones is 1. The van der Waals surface area contributed by atoms with E-state index in [0.29, 0.717) is 0 Å². The lowest BCUT2D eigenvalue weighted by Crippen LogP contribution is -2.16. The first kappa shape index (κ1) is 12.3. The predicted octanol–water partition coefficient (Wildman–Crippen LogP) is 3.01. The molecule has 0 saturated carbocycles. The van der Waals surface area contributed by atoms with Gasteiger partial charge in [0.1, 0.15) is 17.6 Å². The summed E-state index contributed by atoms with van der Waals surface area (Å²) in [4.78, 5) is 11.7. The summed E-state index contributed by atoms with van der Waals surface area (Å²) in [5.41, 5.74) is -0.411. The minimum Gasteiger partial charge on any atom is -0.292 e. The standard InChI is InChI=1S/C12H11F2NO/c1-3-8(6-15)12(16)10-9(13)5-4-7(2)11(10)14/h4-5,8H,3H2,1-2H3. The molecule has 4 heteroatoms. The summed E-state index contributed by atoms with van der Waals surface area (Å²) in [7, 11) is 0. The number of nitrogens with zero attached hydrogens (tertiary/aromatic N) is 1. The molecule has 0 aliphatic rings. The molecule has 0 N–H and O–H groups in total. The van der Waals surface area contributed by atoms with Gasteiger partial charge in [0.25, 0.3) is 0 Å². The summed E-state index contributed by atoms with van der Waals surface area (Å²) in [6.45, 7) is 3.07. The third-order valence-electron chi connectivity index (χ3n) is 2.41. The first-order valence-electron chi connectivity index (χ1n) is 4.91. The van der Waals surface area contributed by atoms with Crippen LogP contribution in [-0.4, -0.2) is 5.78 Å². The van der Waals surface area contributed by atoms with E-state index in [1.807, 2.05) is 0 Å². The summed E-state index contributed by atoms with van der Waals surface area (Å²) >= 11 is 0. The van der Waals surface area contributed by atoms with Crippen LogP contribution in [0.25, 0.3) is 0 Å². The molecule has 1 aromatic carbocycles. The Balaban J connectivity index is 3.29. The average molecular weight is 223 g/mol. The molecular formula is C12H11F2NO. The quantitative estimate of drug-likeness (QED) is 0.739. The highest BCUT2D eigenvalue weighted by molar-refractivity contribution is 5.99. The maximum absolute atomic E-state index is 13.6. The lowest BCUT2D eigenvalue weighted by molar-refractivity contribution is 0.0938. The molecule has 2 nitrogen and oxygen atoms in total. The van der Waals surface area contributed by atoms with Crippen LogP contribution in [0.5, 0.6) is 0 Å². The van der Waals surface area contributed by atoms with Crippen LogP contribution in [0.2, 0.25) is 0 Å². The number of rotatable bonds is 3. The molecule has 1 rings (SSSR count). The van der Waals surface area contributed by atoms with Gasteiger partial charge >= 0.3 is 0 Å². The Kier molecular flexibility index (Phi) is 3.73. The van der Waals surface area contributed by atoms with Gasteiger partial charge in [0.05, 0.1) is 11.6 Å². The second kappa shape index (κ2) is 4.84. The van der Waals surface area contributed by atoms with Crippen molar-refractivity contribution in [2.75, 3.05) is 0 Å². The Labute approximate surface area is 92.5 Å². The van der Waals surface area contributed by atoms with Gasteiger partial charge in [-0.15, -0.1) is 0 Å². The van der Waals surface area contributed by atoms with Crippen LogP contribution in [0.15, 0.2) is 12.1 Å². The summed E-state index contributed by atoms with van der Waals surface area (Å²) in [6.07, 6.45) is 0.238. The minimum absolute atomic E-state index is 0.192. The highest BCUT2D eigenvalue weighted by Gasteiger charge is 2.25. The van der Waals surface area contributed by atoms with Crippen LogP contribution in [0.4, 0.5) is 8.78 Å². The van der Waals surface area contributed by atoms with Crippen molar-refractivity contribution in [2.24, 2.45) is 5.92 Å². The van der Waals surface area contributed by atoms with Gasteiger partial charge in [-0.1, -0.05) is 13.0 Å². The maximum Gasteiger partial charge on any atom is 0.185 e. The van der Waals surface area contributed by atoms with Crippen molar-refractivity contribution in [3.05, 3.63) is 34.9 Å². The maximum atomic E-state index is 13.6. The zero-order valence-corrected chi connectivity index (χ0v) is 9.05. The SMILES string of the molecule is CCC(C#N)C(=O)c1c(F)ccc(C)c1F. The first-order valence-corrected chi connectivity index (χ1v) is 4.91. The van der Waals surface area contributed by atoms with Gasteiger partial charge in [0, 0.05) is 0 Å². The van der Waals surface area contributed by atoms with E-state index in [1.165, 1.54) is 13.0 Å². The van der Waals surface area contributed by atoms with E-state index in [2.05, 4.69) is 0 Å². The number of hydrogen-bond donors (Lipinski definition) is 0. The molecule has 0 fully saturated rings. The fourth-order valence-electron chi connectivity index (χ4n) is 1.39. The number of hydrogen-bond acceptors (Lipinski definition) is 2. The molecule has 0 amide bonds. The summed E-state index contributed by atoms with van der Waals surface area (Å²) < 4.78 is 26.9. The number of halogens is 2. The van der Waals surface area contributed by atoms with Crippen molar-refractivity contribution in [3.8, 4) is 6.07 Å². The molecule has 0 radical (unpaired) electrons. The van der Waals surface area contributed by atoms with Gasteiger partial charge < -0.3 is 0 Å². The smallest absolute Gasteiger partial charge is 0.185 e. The van der Waals surface area contributed by atoms with Crippen molar-refractivity contribution in [1.29, 1.82) is 5.26 Å². The molecule has 1 unspecified atom stereocenters. The molecule has 0 bridgehead atoms. The molecule has 0 spiro atoms. The van der Waals surface area contributed by atoms with Crippen molar-refractivity contribution >= 4 is 5.78 Å². The highest BCUT2D eigenvalue weighted by Crippen LogP contribution is 2.20. The fourth-order valence-corrected chi connectivity index (χ4v) is 1.39. The van der Waals surface area contributed by atoms with E-state index in [1.54, 1.807) is 13.0 Å². The number of nitriles is 1.